The van der Waals surface area contributed by atoms with Crippen LogP contribution >= 0.6 is 0 Å². The van der Waals surface area contributed by atoms with Crippen LogP contribution in [0.3, 0.4) is 0 Å². The number of amides is 4. The Morgan fingerprint density at radius 1 is 0.810 bits per heavy atom. The number of carbonyl (C=O) groups is 8. The molecule has 0 fully saturated rings. The van der Waals surface area contributed by atoms with Gasteiger partial charge in [-0.25, -0.2) is 24.4 Å². The molecular formula is C60H78N6O13. The number of nitrogens with zero attached hydrogens (tertiary/aromatic N) is 3. The average Bonchev–Trinajstić information content (AvgIpc) is 3.34. The number of hydrogen-bond donors (Lipinski definition) is 4. The van der Waals surface area contributed by atoms with Gasteiger partial charge in [0.2, 0.25) is 11.8 Å². The number of aryl methyl sites for hydroxylation is 2. The first kappa shape index (κ1) is 62.1. The van der Waals surface area contributed by atoms with Crippen LogP contribution in [-0.2, 0) is 56.4 Å². The average molecular weight is 1090 g/mol. The number of ether oxygens (including phenoxy) is 4. The van der Waals surface area contributed by atoms with Gasteiger partial charge < -0.3 is 44.9 Å². The van der Waals surface area contributed by atoms with Crippen LogP contribution in [0.4, 0.5) is 9.59 Å². The van der Waals surface area contributed by atoms with E-state index < -0.39 is 89.5 Å². The molecule has 0 radical (unpaired) electrons. The molecule has 4 atom stereocenters. The molecule has 3 aromatic carbocycles. The number of phenols is 1. The van der Waals surface area contributed by atoms with E-state index in [0.717, 1.165) is 11.1 Å². The number of ketones is 3. The molecule has 0 saturated carbocycles. The van der Waals surface area contributed by atoms with Crippen molar-refractivity contribution >= 4 is 47.3 Å². The number of aromatic nitrogens is 2. The molecule has 19 nitrogen and oxygen atoms in total. The highest BCUT2D eigenvalue weighted by Crippen LogP contribution is 2.43. The summed E-state index contributed by atoms with van der Waals surface area (Å²) in [6.45, 7) is 22.6. The summed E-state index contributed by atoms with van der Waals surface area (Å²) in [4.78, 5) is 121. The van der Waals surface area contributed by atoms with Crippen molar-refractivity contribution in [1.29, 1.82) is 0 Å². The minimum atomic E-state index is -1.52. The van der Waals surface area contributed by atoms with Crippen molar-refractivity contribution < 1.29 is 62.4 Å². The highest BCUT2D eigenvalue weighted by molar-refractivity contribution is 6.01. The van der Waals surface area contributed by atoms with Gasteiger partial charge in [-0.1, -0.05) is 58.0 Å². The number of esters is 1. The van der Waals surface area contributed by atoms with Gasteiger partial charge in [-0.2, -0.15) is 0 Å². The number of phenolic OH excluding ortho intramolecular Hbond substituents is 1. The molecule has 4 bridgehead atoms. The number of Topliss-reactive ketones (excluding diaryl/α,β-unsaturated/α-hetero) is 3. The number of alkyl carbamates (subject to hydrolysis) is 2. The van der Waals surface area contributed by atoms with Gasteiger partial charge in [0, 0.05) is 73.4 Å². The number of rotatable bonds is 16. The van der Waals surface area contributed by atoms with Crippen molar-refractivity contribution in [1.82, 2.24) is 30.8 Å². The predicted octanol–water partition coefficient (Wildman–Crippen LogP) is 8.58. The summed E-state index contributed by atoms with van der Waals surface area (Å²) in [5, 5.41) is 20.2. The molecule has 0 spiro atoms. The van der Waals surface area contributed by atoms with E-state index in [-0.39, 0.29) is 89.5 Å². The van der Waals surface area contributed by atoms with E-state index in [0.29, 0.717) is 22.8 Å². The van der Waals surface area contributed by atoms with Gasteiger partial charge in [-0.05, 0) is 115 Å². The third-order valence-corrected chi connectivity index (χ3v) is 13.1. The van der Waals surface area contributed by atoms with Gasteiger partial charge >= 0.3 is 18.2 Å². The Morgan fingerprint density at radius 2 is 1.41 bits per heavy atom. The molecule has 0 aliphatic carbocycles. The van der Waals surface area contributed by atoms with Gasteiger partial charge in [-0.3, -0.25) is 24.0 Å². The lowest BCUT2D eigenvalue weighted by molar-refractivity contribution is -0.146. The summed E-state index contributed by atoms with van der Waals surface area (Å²) < 4.78 is 22.1. The molecule has 1 aliphatic rings. The maximum absolute atomic E-state index is 15.4. The molecule has 2 heterocycles. The van der Waals surface area contributed by atoms with Gasteiger partial charge in [-0.15, -0.1) is 0 Å². The maximum atomic E-state index is 15.4. The number of fused-ring (bicyclic) bond motifs is 5. The van der Waals surface area contributed by atoms with E-state index in [1.165, 1.54) is 45.0 Å². The van der Waals surface area contributed by atoms with Gasteiger partial charge in [0.1, 0.15) is 47.2 Å². The Balaban J connectivity index is 1.65. The molecule has 0 saturated heterocycles. The van der Waals surface area contributed by atoms with Crippen LogP contribution in [0.15, 0.2) is 54.6 Å². The van der Waals surface area contributed by atoms with E-state index in [2.05, 4.69) is 36.7 Å². The van der Waals surface area contributed by atoms with Gasteiger partial charge in [0.15, 0.2) is 17.4 Å². The summed E-state index contributed by atoms with van der Waals surface area (Å²) >= 11 is 0. The number of carbonyl (C=O) groups excluding carboxylic acids is 8. The van der Waals surface area contributed by atoms with Crippen LogP contribution in [-0.4, -0.2) is 118 Å². The lowest BCUT2D eigenvalue weighted by Gasteiger charge is -2.32. The molecule has 19 heteroatoms. The summed E-state index contributed by atoms with van der Waals surface area (Å²) in [6.07, 6.45) is -2.80. The summed E-state index contributed by atoms with van der Waals surface area (Å²) in [5.41, 5.74) is 2.19. The Kier molecular flexibility index (Phi) is 20.3. The van der Waals surface area contributed by atoms with Crippen LogP contribution in [0.5, 0.6) is 11.5 Å². The molecular weight excluding hydrogens is 1010 g/mol. The maximum Gasteiger partial charge on any atom is 0.407 e. The SMILES string of the molecule is COC(=O)[C@@H]1Cc2ccc(OCCNC(=O)OC(C)(C)C)c(c2)-c2cc(cc(CC(C)=O)c2O)[C@H](N(C)C(=O)[C@H](CCNC(=O)OC(C)(C)C)CC(=O)c2c(C)nc(-c3ccc(C(C)(C)C)cc3)nc2C)C(=O)C[C@@H](C)C(=O)N1. The van der Waals surface area contributed by atoms with Crippen LogP contribution in [0.1, 0.15) is 145 Å². The van der Waals surface area contributed by atoms with Crippen molar-refractivity contribution in [3.05, 3.63) is 93.8 Å². The van der Waals surface area contributed by atoms with Crippen molar-refractivity contribution in [2.24, 2.45) is 11.8 Å². The van der Waals surface area contributed by atoms with Crippen LogP contribution < -0.4 is 20.7 Å². The van der Waals surface area contributed by atoms with E-state index in [4.69, 9.17) is 28.9 Å². The second-order valence-corrected chi connectivity index (χ2v) is 23.2. The van der Waals surface area contributed by atoms with Crippen LogP contribution in [0.2, 0.25) is 0 Å². The molecule has 1 aliphatic heterocycles. The number of hydrogen-bond acceptors (Lipinski definition) is 15. The minimum absolute atomic E-state index is 0.00348. The molecule has 0 unspecified atom stereocenters. The van der Waals surface area contributed by atoms with Crippen LogP contribution in [0.25, 0.3) is 22.5 Å². The van der Waals surface area contributed by atoms with Crippen molar-refractivity contribution in [2.75, 3.05) is 33.9 Å². The standard InChI is InChI=1S/C60H78N6O13/c1-33-26-47(69)50(66(14)54(72)39(22-23-61-56(74)78-59(8,9)10)32-46(68)49-35(3)63-52(64-36(49)4)38-17-19-42(20-18-38)58(5,6)7)40-30-41(27-34(2)67)51(70)44(31-40)43-28-37(29-45(55(73)76-15)65-53(33)71)16-21-48(43)77-25-24-62-57(75)79-60(11,12)13/h16-21,28,30-31,33,39,45,50,70H,22-27,29,32H2,1-15H3,(H,61,74)(H,62,75)(H,65,71)/t33-,39-,45+,50+/m1/s1. The smallest absolute Gasteiger partial charge is 0.407 e. The van der Waals surface area contributed by atoms with Crippen LogP contribution in [0, 0.1) is 25.7 Å². The third-order valence-electron chi connectivity index (χ3n) is 13.1. The molecule has 4 aromatic rings. The highest BCUT2D eigenvalue weighted by Gasteiger charge is 2.38. The molecule has 4 N–H and O–H groups in total. The summed E-state index contributed by atoms with van der Waals surface area (Å²) in [7, 11) is 2.56. The lowest BCUT2D eigenvalue weighted by Crippen LogP contribution is -2.46. The van der Waals surface area contributed by atoms with Crippen molar-refractivity contribution in [3.63, 3.8) is 0 Å². The number of aromatic hydroxyl groups is 1. The zero-order valence-electron chi connectivity index (χ0n) is 48.4. The fourth-order valence-electron chi connectivity index (χ4n) is 9.26. The van der Waals surface area contributed by atoms with Crippen molar-refractivity contribution in [3.8, 4) is 34.0 Å². The highest BCUT2D eigenvalue weighted by atomic mass is 16.6. The zero-order valence-corrected chi connectivity index (χ0v) is 48.4. The van der Waals surface area contributed by atoms with E-state index >= 15 is 9.59 Å². The third kappa shape index (κ3) is 17.1. The summed E-state index contributed by atoms with van der Waals surface area (Å²) in [5.74, 6) is -5.60. The Morgan fingerprint density at radius 3 is 1.96 bits per heavy atom. The van der Waals surface area contributed by atoms with E-state index in [9.17, 15) is 33.9 Å². The Hall–Kier alpha value is -7.70. The first-order chi connectivity index (χ1) is 36.8. The second kappa shape index (κ2) is 25.8. The zero-order chi connectivity index (χ0) is 58.9. The van der Waals surface area contributed by atoms with Crippen molar-refractivity contribution in [2.45, 2.75) is 151 Å². The first-order valence-corrected chi connectivity index (χ1v) is 26.5. The number of nitrogens with one attached hydrogen (secondary N) is 3. The van der Waals surface area contributed by atoms with Gasteiger partial charge in [0.05, 0.1) is 30.6 Å². The largest absolute Gasteiger partial charge is 0.507 e. The number of methoxy groups -OCH3 is 1. The Labute approximate surface area is 463 Å². The topological polar surface area (TPSA) is 259 Å². The second-order valence-electron chi connectivity index (χ2n) is 23.2. The molecule has 1 aromatic heterocycles. The first-order valence-electron chi connectivity index (χ1n) is 26.5. The quantitative estimate of drug-likeness (QED) is 0.0354. The predicted molar refractivity (Wildman–Crippen MR) is 297 cm³/mol. The minimum Gasteiger partial charge on any atom is -0.507 e. The van der Waals surface area contributed by atoms with E-state index in [1.807, 2.05) is 24.3 Å². The van der Waals surface area contributed by atoms with Gasteiger partial charge in [0.25, 0.3) is 0 Å². The lowest BCUT2D eigenvalue weighted by atomic mass is 9.86. The normalized spacial score (nSPS) is 16.3. The molecule has 79 heavy (non-hydrogen) atoms. The van der Waals surface area contributed by atoms with E-state index in [1.54, 1.807) is 73.6 Å². The molecule has 5 rings (SSSR count). The summed E-state index contributed by atoms with van der Waals surface area (Å²) in [6, 6.07) is 12.9. The fourth-order valence-corrected chi connectivity index (χ4v) is 9.26. The molecule has 426 valence electrons. The fraction of sp³-hybridized carbons (Fsp3) is 0.500. The molecule has 4 amide bonds. The number of likely N-dealkylation sites (N-methyl/N-ethyl adjacent to an activating group) is 1. The Bertz CT molecular complexity index is 2930. The monoisotopic (exact) mass is 1090 g/mol. The number of benzene rings is 3.